The minimum Gasteiger partial charge on any atom is -0.213 e. The second-order valence-corrected chi connectivity index (χ2v) is 10.1. The maximum Gasteiger partial charge on any atom is 0.243 e. The van der Waals surface area contributed by atoms with Gasteiger partial charge >= 0.3 is 0 Å². The van der Waals surface area contributed by atoms with E-state index in [9.17, 15) is 16.8 Å². The lowest BCUT2D eigenvalue weighted by Gasteiger charge is -2.31. The highest BCUT2D eigenvalue weighted by Crippen LogP contribution is 2.26. The van der Waals surface area contributed by atoms with E-state index in [2.05, 4.69) is 20.7 Å². The zero-order valence-electron chi connectivity index (χ0n) is 12.4. The summed E-state index contributed by atoms with van der Waals surface area (Å²) >= 11 is 3.30. The smallest absolute Gasteiger partial charge is 0.213 e. The number of piperidine rings is 1. The quantitative estimate of drug-likeness (QED) is 0.813. The lowest BCUT2D eigenvalue weighted by atomic mass is 10.1. The second-order valence-electron chi connectivity index (χ2n) is 5.48. The molecular formula is C13H19BrN2O4S2. The Kier molecular flexibility index (Phi) is 5.33. The lowest BCUT2D eigenvalue weighted by Crippen LogP contribution is -2.46. The van der Waals surface area contributed by atoms with Gasteiger partial charge < -0.3 is 0 Å². The second kappa shape index (κ2) is 6.56. The van der Waals surface area contributed by atoms with Gasteiger partial charge in [0.15, 0.2) is 0 Å². The van der Waals surface area contributed by atoms with Gasteiger partial charge in [-0.2, -0.15) is 4.31 Å². The molecule has 1 N–H and O–H groups in total. The summed E-state index contributed by atoms with van der Waals surface area (Å²) < 4.78 is 52.6. The molecule has 0 atom stereocenters. The van der Waals surface area contributed by atoms with Crippen molar-refractivity contribution in [2.24, 2.45) is 0 Å². The average molecular weight is 411 g/mol. The molecule has 124 valence electrons. The van der Waals surface area contributed by atoms with Crippen molar-refractivity contribution in [1.82, 2.24) is 9.03 Å². The Labute approximate surface area is 140 Å². The van der Waals surface area contributed by atoms with Crippen molar-refractivity contribution in [2.45, 2.75) is 30.7 Å². The summed E-state index contributed by atoms with van der Waals surface area (Å²) in [6, 6.07) is 4.96. The van der Waals surface area contributed by atoms with Crippen LogP contribution in [0.3, 0.4) is 0 Å². The Morgan fingerprint density at radius 2 is 1.77 bits per heavy atom. The van der Waals surface area contributed by atoms with E-state index < -0.39 is 20.0 Å². The molecule has 0 unspecified atom stereocenters. The van der Waals surface area contributed by atoms with Crippen molar-refractivity contribution in [3.8, 4) is 0 Å². The van der Waals surface area contributed by atoms with Gasteiger partial charge in [-0.05, 0) is 37.5 Å². The van der Waals surface area contributed by atoms with Crippen LogP contribution >= 0.6 is 15.9 Å². The Bertz CT molecular complexity index is 754. The zero-order valence-corrected chi connectivity index (χ0v) is 15.6. The maximum atomic E-state index is 12.7. The predicted molar refractivity (Wildman–Crippen MR) is 88.6 cm³/mol. The van der Waals surface area contributed by atoms with E-state index in [1.165, 1.54) is 4.31 Å². The van der Waals surface area contributed by atoms with Gasteiger partial charge in [-0.3, -0.25) is 0 Å². The molecule has 2 rings (SSSR count). The SMILES string of the molecule is Cc1ccc(Br)cc1S(=O)(=O)N1CCC(NS(C)(=O)=O)CC1. The number of nitrogens with one attached hydrogen (secondary N) is 1. The van der Waals surface area contributed by atoms with Gasteiger partial charge in [-0.1, -0.05) is 22.0 Å². The van der Waals surface area contributed by atoms with Crippen molar-refractivity contribution in [1.29, 1.82) is 0 Å². The number of rotatable bonds is 4. The van der Waals surface area contributed by atoms with Gasteiger partial charge in [0.05, 0.1) is 11.2 Å². The first-order valence-electron chi connectivity index (χ1n) is 6.83. The summed E-state index contributed by atoms with van der Waals surface area (Å²) in [5.74, 6) is 0. The minimum atomic E-state index is -3.56. The number of nitrogens with zero attached hydrogens (tertiary/aromatic N) is 1. The minimum absolute atomic E-state index is 0.204. The fourth-order valence-corrected chi connectivity index (χ4v) is 5.58. The molecule has 0 spiro atoms. The van der Waals surface area contributed by atoms with Crippen LogP contribution < -0.4 is 4.72 Å². The van der Waals surface area contributed by atoms with Crippen LogP contribution in [0.1, 0.15) is 18.4 Å². The number of halogens is 1. The van der Waals surface area contributed by atoms with E-state index in [0.29, 0.717) is 36.0 Å². The van der Waals surface area contributed by atoms with Gasteiger partial charge in [-0.15, -0.1) is 0 Å². The molecular weight excluding hydrogens is 392 g/mol. The Hall–Kier alpha value is -0.480. The van der Waals surface area contributed by atoms with Crippen molar-refractivity contribution in [3.05, 3.63) is 28.2 Å². The van der Waals surface area contributed by atoms with Crippen molar-refractivity contribution in [2.75, 3.05) is 19.3 Å². The average Bonchev–Trinajstić information content (AvgIpc) is 2.40. The van der Waals surface area contributed by atoms with Crippen LogP contribution in [0.15, 0.2) is 27.6 Å². The van der Waals surface area contributed by atoms with Crippen LogP contribution in [0.25, 0.3) is 0 Å². The molecule has 1 aromatic carbocycles. The highest BCUT2D eigenvalue weighted by atomic mass is 79.9. The van der Waals surface area contributed by atoms with E-state index in [-0.39, 0.29) is 10.9 Å². The number of hydrogen-bond donors (Lipinski definition) is 1. The van der Waals surface area contributed by atoms with Gasteiger partial charge in [-0.25, -0.2) is 21.6 Å². The van der Waals surface area contributed by atoms with Crippen molar-refractivity contribution < 1.29 is 16.8 Å². The maximum absolute atomic E-state index is 12.7. The third kappa shape index (κ3) is 4.29. The van der Waals surface area contributed by atoms with Gasteiger partial charge in [0.1, 0.15) is 0 Å². The molecule has 0 aromatic heterocycles. The topological polar surface area (TPSA) is 83.6 Å². The van der Waals surface area contributed by atoms with Crippen LogP contribution in [-0.2, 0) is 20.0 Å². The summed E-state index contributed by atoms with van der Waals surface area (Å²) in [7, 11) is -6.82. The third-order valence-electron chi connectivity index (χ3n) is 3.60. The van der Waals surface area contributed by atoms with Gasteiger partial charge in [0.2, 0.25) is 20.0 Å². The zero-order chi connectivity index (χ0) is 16.5. The molecule has 1 aliphatic rings. The normalized spacial score (nSPS) is 18.5. The predicted octanol–water partition coefficient (Wildman–Crippen LogP) is 1.46. The molecule has 9 heteroatoms. The molecule has 1 aromatic rings. The fourth-order valence-electron chi connectivity index (χ4n) is 2.51. The third-order valence-corrected chi connectivity index (χ3v) is 6.90. The van der Waals surface area contributed by atoms with Crippen LogP contribution in [0.5, 0.6) is 0 Å². The largest absolute Gasteiger partial charge is 0.243 e. The molecule has 1 fully saturated rings. The van der Waals surface area contributed by atoms with E-state index in [4.69, 9.17) is 0 Å². The Balaban J connectivity index is 2.15. The molecule has 1 saturated heterocycles. The molecule has 6 nitrogen and oxygen atoms in total. The van der Waals surface area contributed by atoms with Crippen LogP contribution in [0, 0.1) is 6.92 Å². The Morgan fingerprint density at radius 1 is 1.18 bits per heavy atom. The van der Waals surface area contributed by atoms with Crippen LogP contribution in [-0.4, -0.2) is 46.5 Å². The number of hydrogen-bond acceptors (Lipinski definition) is 4. The molecule has 1 heterocycles. The molecule has 0 radical (unpaired) electrons. The van der Waals surface area contributed by atoms with E-state index in [1.807, 2.05) is 0 Å². The van der Waals surface area contributed by atoms with Gasteiger partial charge in [0, 0.05) is 23.6 Å². The standard InChI is InChI=1S/C13H19BrN2O4S2/c1-10-3-4-11(14)9-13(10)22(19,20)16-7-5-12(6-8-16)15-21(2,17)18/h3-4,9,12,15H,5-8H2,1-2H3. The number of sulfonamides is 2. The first kappa shape index (κ1) is 17.9. The summed E-state index contributed by atoms with van der Waals surface area (Å²) in [4.78, 5) is 0.288. The van der Waals surface area contributed by atoms with E-state index >= 15 is 0 Å². The first-order valence-corrected chi connectivity index (χ1v) is 11.0. The van der Waals surface area contributed by atoms with Crippen LogP contribution in [0.2, 0.25) is 0 Å². The highest BCUT2D eigenvalue weighted by Gasteiger charge is 2.31. The molecule has 0 bridgehead atoms. The van der Waals surface area contributed by atoms with Crippen molar-refractivity contribution in [3.63, 3.8) is 0 Å². The van der Waals surface area contributed by atoms with E-state index in [0.717, 1.165) is 6.26 Å². The number of aryl methyl sites for hydroxylation is 1. The molecule has 22 heavy (non-hydrogen) atoms. The highest BCUT2D eigenvalue weighted by molar-refractivity contribution is 9.10. The summed E-state index contributed by atoms with van der Waals surface area (Å²) in [5.41, 5.74) is 0.694. The molecule has 1 aliphatic heterocycles. The molecule has 0 saturated carbocycles. The van der Waals surface area contributed by atoms with Crippen molar-refractivity contribution >= 4 is 36.0 Å². The molecule has 0 aliphatic carbocycles. The van der Waals surface area contributed by atoms with Gasteiger partial charge in [0.25, 0.3) is 0 Å². The van der Waals surface area contributed by atoms with Crippen LogP contribution in [0.4, 0.5) is 0 Å². The summed E-state index contributed by atoms with van der Waals surface area (Å²) in [6.07, 6.45) is 2.06. The summed E-state index contributed by atoms with van der Waals surface area (Å²) in [6.45, 7) is 2.38. The number of benzene rings is 1. The first-order chi connectivity index (χ1) is 10.1. The monoisotopic (exact) mass is 410 g/mol. The molecule has 0 amide bonds. The Morgan fingerprint density at radius 3 is 2.32 bits per heavy atom. The fraction of sp³-hybridized carbons (Fsp3) is 0.538. The van der Waals surface area contributed by atoms with E-state index in [1.54, 1.807) is 25.1 Å². The summed E-state index contributed by atoms with van der Waals surface area (Å²) in [5, 5.41) is 0. The lowest BCUT2D eigenvalue weighted by molar-refractivity contribution is 0.308.